The Balaban J connectivity index is 2.04. The van der Waals surface area contributed by atoms with Crippen LogP contribution in [-0.2, 0) is 33.3 Å². The molecule has 3 heterocycles. The molecular formula is C16H16Cl2N4O7. The molecule has 29 heavy (non-hydrogen) atoms. The highest BCUT2D eigenvalue weighted by molar-refractivity contribution is 6.35. The van der Waals surface area contributed by atoms with E-state index in [0.29, 0.717) is 5.39 Å². The molecule has 0 aromatic carbocycles. The van der Waals surface area contributed by atoms with E-state index in [0.717, 1.165) is 0 Å². The summed E-state index contributed by atoms with van der Waals surface area (Å²) in [7, 11) is 0. The lowest BCUT2D eigenvalue weighted by molar-refractivity contribution is -0.166. The number of hydrogen-bond acceptors (Lipinski definition) is 10. The molecule has 0 saturated carbocycles. The standard InChI is InChI=1S/C16H16Cl2N4O7/c1-6(23)26-5-10-11(27-7(2)24)12(28-8(3)25)15(29-10)22-14-9(4-19-22)13(17)20-16(18)21-14/h4,10-12,15H,5H2,1-3H3. The highest BCUT2D eigenvalue weighted by Crippen LogP contribution is 2.36. The van der Waals surface area contributed by atoms with Gasteiger partial charge in [0.2, 0.25) is 5.28 Å². The summed E-state index contributed by atoms with van der Waals surface area (Å²) in [5.74, 6) is -1.84. The Morgan fingerprint density at radius 1 is 1.07 bits per heavy atom. The molecule has 2 aromatic rings. The van der Waals surface area contributed by atoms with E-state index in [1.807, 2.05) is 0 Å². The van der Waals surface area contributed by atoms with Crippen molar-refractivity contribution < 1.29 is 33.3 Å². The lowest BCUT2D eigenvalue weighted by atomic mass is 10.1. The number of aromatic nitrogens is 4. The third-order valence-corrected chi connectivity index (χ3v) is 4.42. The van der Waals surface area contributed by atoms with Gasteiger partial charge in [-0.3, -0.25) is 14.4 Å². The second kappa shape index (κ2) is 8.47. The molecule has 13 heteroatoms. The minimum absolute atomic E-state index is 0.0706. The summed E-state index contributed by atoms with van der Waals surface area (Å²) in [6.07, 6.45) is -2.77. The number of hydrogen-bond donors (Lipinski definition) is 0. The van der Waals surface area contributed by atoms with E-state index in [1.54, 1.807) is 0 Å². The van der Waals surface area contributed by atoms with Crippen LogP contribution in [0.1, 0.15) is 27.0 Å². The maximum atomic E-state index is 11.7. The molecule has 11 nitrogen and oxygen atoms in total. The largest absolute Gasteiger partial charge is 0.463 e. The zero-order valence-electron chi connectivity index (χ0n) is 15.5. The Morgan fingerprint density at radius 2 is 1.72 bits per heavy atom. The molecule has 0 spiro atoms. The Labute approximate surface area is 174 Å². The van der Waals surface area contributed by atoms with Crippen molar-refractivity contribution in [3.05, 3.63) is 16.6 Å². The van der Waals surface area contributed by atoms with Crippen LogP contribution in [-0.4, -0.2) is 62.6 Å². The first-order chi connectivity index (χ1) is 13.7. The molecule has 4 unspecified atom stereocenters. The Morgan fingerprint density at radius 3 is 2.34 bits per heavy atom. The summed E-state index contributed by atoms with van der Waals surface area (Å²) in [5, 5.41) is 4.51. The molecule has 3 rings (SSSR count). The van der Waals surface area contributed by atoms with E-state index in [2.05, 4.69) is 15.1 Å². The average Bonchev–Trinajstić information content (AvgIpc) is 3.15. The molecule has 0 bridgehead atoms. The number of carbonyl (C=O) groups is 3. The predicted molar refractivity (Wildman–Crippen MR) is 97.0 cm³/mol. The monoisotopic (exact) mass is 446 g/mol. The van der Waals surface area contributed by atoms with Crippen molar-refractivity contribution in [2.24, 2.45) is 0 Å². The first-order valence-corrected chi connectivity index (χ1v) is 9.12. The SMILES string of the molecule is CC(=O)OCC1OC(n2ncc3c(Cl)nc(Cl)nc32)C(OC(C)=O)C1OC(C)=O. The molecule has 1 fully saturated rings. The summed E-state index contributed by atoms with van der Waals surface area (Å²) >= 11 is 12.0. The van der Waals surface area contributed by atoms with Crippen LogP contribution in [0.2, 0.25) is 10.4 Å². The minimum Gasteiger partial charge on any atom is -0.463 e. The van der Waals surface area contributed by atoms with Crippen LogP contribution in [0.5, 0.6) is 0 Å². The van der Waals surface area contributed by atoms with Crippen molar-refractivity contribution in [3.63, 3.8) is 0 Å². The van der Waals surface area contributed by atoms with E-state index >= 15 is 0 Å². The first kappa shape index (κ1) is 21.2. The summed E-state index contributed by atoms with van der Waals surface area (Å²) in [6.45, 7) is 3.37. The van der Waals surface area contributed by atoms with E-state index in [-0.39, 0.29) is 22.7 Å². The van der Waals surface area contributed by atoms with E-state index < -0.39 is 42.4 Å². The van der Waals surface area contributed by atoms with Gasteiger partial charge in [0.25, 0.3) is 0 Å². The van der Waals surface area contributed by atoms with Crippen LogP contribution >= 0.6 is 23.2 Å². The van der Waals surface area contributed by atoms with E-state index in [9.17, 15) is 14.4 Å². The van der Waals surface area contributed by atoms with Gasteiger partial charge in [0.15, 0.2) is 24.1 Å². The highest BCUT2D eigenvalue weighted by atomic mass is 35.5. The predicted octanol–water partition coefficient (Wildman–Crippen LogP) is 1.46. The molecule has 156 valence electrons. The summed E-state index contributed by atoms with van der Waals surface area (Å²) in [5.41, 5.74) is 0.215. The van der Waals surface area contributed by atoms with Crippen LogP contribution in [0.4, 0.5) is 0 Å². The number of nitrogens with zero attached hydrogens (tertiary/aromatic N) is 4. The molecule has 2 aromatic heterocycles. The molecule has 0 aliphatic carbocycles. The van der Waals surface area contributed by atoms with Gasteiger partial charge < -0.3 is 18.9 Å². The number of ether oxygens (including phenoxy) is 4. The number of rotatable bonds is 5. The van der Waals surface area contributed by atoms with Crippen molar-refractivity contribution in [2.75, 3.05) is 6.61 Å². The van der Waals surface area contributed by atoms with Crippen molar-refractivity contribution in [1.82, 2.24) is 19.7 Å². The average molecular weight is 447 g/mol. The fraction of sp³-hybridized carbons (Fsp3) is 0.500. The van der Waals surface area contributed by atoms with Crippen LogP contribution in [0, 0.1) is 0 Å². The number of esters is 3. The van der Waals surface area contributed by atoms with Crippen molar-refractivity contribution >= 4 is 52.1 Å². The van der Waals surface area contributed by atoms with Gasteiger partial charge in [-0.25, -0.2) is 9.67 Å². The third-order valence-electron chi connectivity index (χ3n) is 3.96. The second-order valence-corrected chi connectivity index (χ2v) is 6.82. The zero-order chi connectivity index (χ0) is 21.3. The summed E-state index contributed by atoms with van der Waals surface area (Å²) < 4.78 is 22.8. The Kier molecular flexibility index (Phi) is 6.20. The van der Waals surface area contributed by atoms with Crippen LogP contribution in [0.15, 0.2) is 6.20 Å². The maximum Gasteiger partial charge on any atom is 0.303 e. The maximum absolute atomic E-state index is 11.7. The molecule has 0 N–H and O–H groups in total. The molecule has 1 aliphatic rings. The molecule has 0 amide bonds. The second-order valence-electron chi connectivity index (χ2n) is 6.13. The molecule has 0 radical (unpaired) electrons. The van der Waals surface area contributed by atoms with Gasteiger partial charge in [-0.15, -0.1) is 0 Å². The minimum atomic E-state index is -1.10. The lowest BCUT2D eigenvalue weighted by Gasteiger charge is -2.23. The Bertz CT molecular complexity index is 966. The fourth-order valence-corrected chi connectivity index (χ4v) is 3.36. The van der Waals surface area contributed by atoms with Crippen LogP contribution < -0.4 is 0 Å². The van der Waals surface area contributed by atoms with Gasteiger partial charge in [-0.2, -0.15) is 10.1 Å². The van der Waals surface area contributed by atoms with Gasteiger partial charge in [-0.1, -0.05) is 11.6 Å². The molecule has 4 atom stereocenters. The first-order valence-electron chi connectivity index (χ1n) is 8.37. The fourth-order valence-electron chi connectivity index (χ4n) is 2.94. The summed E-state index contributed by atoms with van der Waals surface area (Å²) in [4.78, 5) is 42.4. The molecule has 1 saturated heterocycles. The smallest absolute Gasteiger partial charge is 0.303 e. The topological polar surface area (TPSA) is 132 Å². The van der Waals surface area contributed by atoms with Crippen molar-refractivity contribution in [2.45, 2.75) is 45.3 Å². The van der Waals surface area contributed by atoms with Crippen LogP contribution in [0.3, 0.4) is 0 Å². The summed E-state index contributed by atoms with van der Waals surface area (Å²) in [6, 6.07) is 0. The van der Waals surface area contributed by atoms with Gasteiger partial charge >= 0.3 is 17.9 Å². The van der Waals surface area contributed by atoms with Gasteiger partial charge in [0.05, 0.1) is 11.6 Å². The molecule has 1 aliphatic heterocycles. The van der Waals surface area contributed by atoms with Gasteiger partial charge in [0.1, 0.15) is 17.9 Å². The third kappa shape index (κ3) is 4.57. The zero-order valence-corrected chi connectivity index (χ0v) is 17.0. The van der Waals surface area contributed by atoms with Crippen molar-refractivity contribution in [1.29, 1.82) is 0 Å². The van der Waals surface area contributed by atoms with Gasteiger partial charge in [-0.05, 0) is 11.6 Å². The quantitative estimate of drug-likeness (QED) is 0.287. The number of fused-ring (bicyclic) bond motifs is 1. The van der Waals surface area contributed by atoms with Crippen molar-refractivity contribution in [3.8, 4) is 0 Å². The van der Waals surface area contributed by atoms with Crippen LogP contribution in [0.25, 0.3) is 11.0 Å². The lowest BCUT2D eigenvalue weighted by Crippen LogP contribution is -2.40. The number of carbonyl (C=O) groups excluding carboxylic acids is 3. The van der Waals surface area contributed by atoms with E-state index in [4.69, 9.17) is 42.1 Å². The van der Waals surface area contributed by atoms with E-state index in [1.165, 1.54) is 31.6 Å². The number of halogens is 2. The highest BCUT2D eigenvalue weighted by Gasteiger charge is 2.51. The molecular weight excluding hydrogens is 431 g/mol. The normalized spacial score (nSPS) is 23.8. The van der Waals surface area contributed by atoms with Gasteiger partial charge in [0, 0.05) is 20.8 Å². The Hall–Kier alpha value is -2.50.